The first-order valence-electron chi connectivity index (χ1n) is 9.81. The van der Waals surface area contributed by atoms with E-state index in [-0.39, 0.29) is 24.0 Å². The largest absolute Gasteiger partial charge is 0.379 e. The Balaban J connectivity index is 0.00000261. The van der Waals surface area contributed by atoms with Gasteiger partial charge in [-0.1, -0.05) is 17.7 Å². The molecule has 5 nitrogen and oxygen atoms in total. The molecule has 27 heavy (non-hydrogen) atoms. The van der Waals surface area contributed by atoms with Crippen molar-refractivity contribution in [3.63, 3.8) is 0 Å². The smallest absolute Gasteiger partial charge is 0.193 e. The number of hydrogen-bond donors (Lipinski definition) is 1. The van der Waals surface area contributed by atoms with E-state index in [4.69, 9.17) is 9.73 Å². The van der Waals surface area contributed by atoms with Gasteiger partial charge in [-0.25, -0.2) is 0 Å². The van der Waals surface area contributed by atoms with Crippen LogP contribution in [0.4, 0.5) is 0 Å². The van der Waals surface area contributed by atoms with Gasteiger partial charge >= 0.3 is 0 Å². The van der Waals surface area contributed by atoms with Gasteiger partial charge in [0.1, 0.15) is 0 Å². The molecule has 0 aliphatic carbocycles. The number of benzene rings is 1. The average Bonchev–Trinajstić information content (AvgIpc) is 3.16. The quantitative estimate of drug-likeness (QED) is 0.212. The number of thioether (sulfide) groups is 1. The molecule has 2 fully saturated rings. The zero-order valence-electron chi connectivity index (χ0n) is 16.5. The molecule has 152 valence electrons. The van der Waals surface area contributed by atoms with Crippen LogP contribution < -0.4 is 5.32 Å². The van der Waals surface area contributed by atoms with Gasteiger partial charge in [0.05, 0.1) is 19.8 Å². The van der Waals surface area contributed by atoms with Crippen molar-refractivity contribution in [1.29, 1.82) is 0 Å². The van der Waals surface area contributed by atoms with Crippen molar-refractivity contribution in [2.24, 2.45) is 4.99 Å². The number of nitrogens with one attached hydrogen (secondary N) is 1. The van der Waals surface area contributed by atoms with Crippen LogP contribution in [0.3, 0.4) is 0 Å². The molecular formula is C20H33IN4OS. The van der Waals surface area contributed by atoms with Crippen molar-refractivity contribution >= 4 is 41.7 Å². The average molecular weight is 504 g/mol. The molecule has 1 atom stereocenters. The van der Waals surface area contributed by atoms with Gasteiger partial charge in [0.15, 0.2) is 5.96 Å². The lowest BCUT2D eigenvalue weighted by atomic mass is 10.2. The summed E-state index contributed by atoms with van der Waals surface area (Å²) < 4.78 is 5.49. The zero-order valence-corrected chi connectivity index (χ0v) is 19.7. The van der Waals surface area contributed by atoms with Crippen LogP contribution in [0.25, 0.3) is 0 Å². The van der Waals surface area contributed by atoms with Crippen LogP contribution in [0.1, 0.15) is 18.9 Å². The summed E-state index contributed by atoms with van der Waals surface area (Å²) in [6, 6.07) is 9.38. The van der Waals surface area contributed by atoms with Crippen LogP contribution >= 0.6 is 35.7 Å². The molecule has 7 heteroatoms. The Morgan fingerprint density at radius 3 is 2.67 bits per heavy atom. The number of ether oxygens (including phenoxy) is 1. The number of likely N-dealkylation sites (tertiary alicyclic amines) is 1. The third-order valence-corrected chi connectivity index (χ3v) is 5.99. The molecule has 0 aromatic heterocycles. The molecule has 0 spiro atoms. The van der Waals surface area contributed by atoms with Crippen molar-refractivity contribution in [2.75, 3.05) is 58.2 Å². The fourth-order valence-corrected chi connectivity index (χ4v) is 4.30. The Morgan fingerprint density at radius 2 is 1.96 bits per heavy atom. The molecule has 0 saturated carbocycles. The molecule has 2 saturated heterocycles. The van der Waals surface area contributed by atoms with E-state index in [1.54, 1.807) is 0 Å². The van der Waals surface area contributed by atoms with Gasteiger partial charge in [-0.15, -0.1) is 35.7 Å². The van der Waals surface area contributed by atoms with Crippen LogP contribution in [0.15, 0.2) is 34.2 Å². The normalized spacial score (nSPS) is 21.2. The molecule has 1 N–H and O–H groups in total. The number of aryl methyl sites for hydroxylation is 1. The summed E-state index contributed by atoms with van der Waals surface area (Å²) in [6.45, 7) is 12.1. The summed E-state index contributed by atoms with van der Waals surface area (Å²) in [7, 11) is 0. The Bertz CT molecular complexity index is 578. The molecule has 0 bridgehead atoms. The van der Waals surface area contributed by atoms with Crippen LogP contribution in [-0.4, -0.2) is 80.0 Å². The Kier molecular flexibility index (Phi) is 10.2. The van der Waals surface area contributed by atoms with Crippen LogP contribution in [-0.2, 0) is 4.74 Å². The number of nitrogens with zero attached hydrogens (tertiary/aromatic N) is 3. The van der Waals surface area contributed by atoms with Crippen LogP contribution in [0.5, 0.6) is 0 Å². The van der Waals surface area contributed by atoms with Crippen molar-refractivity contribution in [2.45, 2.75) is 31.2 Å². The first kappa shape index (κ1) is 22.8. The summed E-state index contributed by atoms with van der Waals surface area (Å²) >= 11 is 1.88. The fraction of sp³-hybridized carbons (Fsp3) is 0.650. The lowest BCUT2D eigenvalue weighted by Crippen LogP contribution is -2.46. The fourth-order valence-electron chi connectivity index (χ4n) is 3.55. The minimum absolute atomic E-state index is 0. The third kappa shape index (κ3) is 7.11. The third-order valence-electron chi connectivity index (χ3n) is 5.00. The zero-order chi connectivity index (χ0) is 18.2. The highest BCUT2D eigenvalue weighted by Crippen LogP contribution is 2.19. The van der Waals surface area contributed by atoms with Gasteiger partial charge in [0, 0.05) is 49.4 Å². The lowest BCUT2D eigenvalue weighted by Gasteiger charge is -2.32. The highest BCUT2D eigenvalue weighted by molar-refractivity contribution is 14.0. The van der Waals surface area contributed by atoms with Gasteiger partial charge in [0.25, 0.3) is 0 Å². The van der Waals surface area contributed by atoms with Crippen molar-refractivity contribution in [1.82, 2.24) is 15.1 Å². The van der Waals surface area contributed by atoms with Crippen LogP contribution in [0.2, 0.25) is 0 Å². The van der Waals surface area contributed by atoms with E-state index in [1.165, 1.54) is 16.9 Å². The van der Waals surface area contributed by atoms with E-state index in [0.717, 1.165) is 64.2 Å². The SMILES string of the molecule is CCNC(=NCCSc1ccc(C)cc1)N1CCC(N2CCOCC2)C1.I. The van der Waals surface area contributed by atoms with Crippen molar-refractivity contribution in [3.8, 4) is 0 Å². The molecule has 0 amide bonds. The number of rotatable bonds is 6. The molecule has 1 aromatic rings. The Labute approximate surface area is 185 Å². The van der Waals surface area contributed by atoms with E-state index < -0.39 is 0 Å². The van der Waals surface area contributed by atoms with Gasteiger partial charge in [-0.05, 0) is 32.4 Å². The summed E-state index contributed by atoms with van der Waals surface area (Å²) in [4.78, 5) is 11.2. The Hall–Kier alpha value is -0.510. The predicted molar refractivity (Wildman–Crippen MR) is 126 cm³/mol. The van der Waals surface area contributed by atoms with Gasteiger partial charge in [-0.2, -0.15) is 0 Å². The summed E-state index contributed by atoms with van der Waals surface area (Å²) in [5.74, 6) is 2.09. The second-order valence-corrected chi connectivity index (χ2v) is 8.10. The molecule has 0 radical (unpaired) electrons. The van der Waals surface area contributed by atoms with E-state index in [2.05, 4.69) is 53.2 Å². The van der Waals surface area contributed by atoms with E-state index in [0.29, 0.717) is 6.04 Å². The van der Waals surface area contributed by atoms with Crippen LogP contribution in [0, 0.1) is 6.92 Å². The van der Waals surface area contributed by atoms with Gasteiger partial charge < -0.3 is 15.0 Å². The van der Waals surface area contributed by atoms with Crippen molar-refractivity contribution in [3.05, 3.63) is 29.8 Å². The first-order valence-corrected chi connectivity index (χ1v) is 10.8. The first-order chi connectivity index (χ1) is 12.8. The highest BCUT2D eigenvalue weighted by Gasteiger charge is 2.30. The standard InChI is InChI=1S/C20H32N4OS.HI/c1-3-21-20(22-9-15-26-19-6-4-17(2)5-7-19)24-10-8-18(16-24)23-11-13-25-14-12-23;/h4-7,18H,3,8-16H2,1-2H3,(H,21,22);1H. The Morgan fingerprint density at radius 1 is 1.22 bits per heavy atom. The molecule has 2 aliphatic heterocycles. The summed E-state index contributed by atoms with van der Waals surface area (Å²) in [5, 5.41) is 3.48. The predicted octanol–water partition coefficient (Wildman–Crippen LogP) is 3.08. The van der Waals surface area contributed by atoms with Crippen molar-refractivity contribution < 1.29 is 4.74 Å². The van der Waals surface area contributed by atoms with E-state index in [1.807, 2.05) is 11.8 Å². The summed E-state index contributed by atoms with van der Waals surface area (Å²) in [5.41, 5.74) is 1.31. The number of hydrogen-bond acceptors (Lipinski definition) is 4. The molecule has 2 heterocycles. The second-order valence-electron chi connectivity index (χ2n) is 6.93. The van der Waals surface area contributed by atoms with E-state index >= 15 is 0 Å². The summed E-state index contributed by atoms with van der Waals surface area (Å²) in [6.07, 6.45) is 1.22. The maximum Gasteiger partial charge on any atom is 0.193 e. The molecular weight excluding hydrogens is 471 g/mol. The highest BCUT2D eigenvalue weighted by atomic mass is 127. The van der Waals surface area contributed by atoms with E-state index in [9.17, 15) is 0 Å². The monoisotopic (exact) mass is 504 g/mol. The lowest BCUT2D eigenvalue weighted by molar-refractivity contribution is 0.0195. The van der Waals surface area contributed by atoms with Gasteiger partial charge in [0.2, 0.25) is 0 Å². The number of guanidine groups is 1. The molecule has 2 aliphatic rings. The molecule has 3 rings (SSSR count). The van der Waals surface area contributed by atoms with Gasteiger partial charge in [-0.3, -0.25) is 9.89 Å². The maximum atomic E-state index is 5.49. The number of morpholine rings is 1. The maximum absolute atomic E-state index is 5.49. The second kappa shape index (κ2) is 12.1. The number of aliphatic imine (C=N–C) groups is 1. The minimum Gasteiger partial charge on any atom is -0.379 e. The topological polar surface area (TPSA) is 40.1 Å². The molecule has 1 aromatic carbocycles. The molecule has 1 unspecified atom stereocenters. The minimum atomic E-state index is 0. The number of halogens is 1.